The second-order valence-electron chi connectivity index (χ2n) is 20.9. The number of aliphatic hydroxyl groups excluding tert-OH is 1. The van der Waals surface area contributed by atoms with Gasteiger partial charge in [-0.05, 0) is 77.3 Å². The predicted molar refractivity (Wildman–Crippen MR) is 286 cm³/mol. The van der Waals surface area contributed by atoms with Gasteiger partial charge in [0, 0.05) is 32.2 Å². The van der Waals surface area contributed by atoms with Crippen LogP contribution in [0, 0.1) is 0 Å². The molecule has 1 aliphatic heterocycles. The summed E-state index contributed by atoms with van der Waals surface area (Å²) in [5.41, 5.74) is 0. The van der Waals surface area contributed by atoms with E-state index >= 15 is 0 Å². The second kappa shape index (κ2) is 50.1. The molecular weight excluding hydrogens is 815 g/mol. The van der Waals surface area contributed by atoms with Crippen LogP contribution in [-0.2, 0) is 19.0 Å². The van der Waals surface area contributed by atoms with Crippen molar-refractivity contribution in [3.63, 3.8) is 0 Å². The van der Waals surface area contributed by atoms with Crippen LogP contribution in [0.25, 0.3) is 0 Å². The second-order valence-corrected chi connectivity index (χ2v) is 20.9. The fourth-order valence-corrected chi connectivity index (χ4v) is 9.96. The van der Waals surface area contributed by atoms with E-state index in [1.807, 2.05) is 0 Å². The summed E-state index contributed by atoms with van der Waals surface area (Å²) >= 11 is 0. The minimum Gasteiger partial charge on any atom is -0.462 e. The molecule has 0 saturated heterocycles. The van der Waals surface area contributed by atoms with Gasteiger partial charge in [-0.3, -0.25) is 4.79 Å². The smallest absolute Gasteiger partial charge is 0.306 e. The van der Waals surface area contributed by atoms with Crippen LogP contribution in [0.2, 0.25) is 0 Å². The first-order valence-corrected chi connectivity index (χ1v) is 30.2. The van der Waals surface area contributed by atoms with Gasteiger partial charge in [-0.2, -0.15) is 0 Å². The van der Waals surface area contributed by atoms with Gasteiger partial charge in [0.25, 0.3) is 0 Å². The maximum atomic E-state index is 12.8. The van der Waals surface area contributed by atoms with Gasteiger partial charge in [0.15, 0.2) is 0 Å². The lowest BCUT2D eigenvalue weighted by atomic mass is 10.0. The Labute approximate surface area is 413 Å². The van der Waals surface area contributed by atoms with Crippen LogP contribution < -0.4 is 0 Å². The van der Waals surface area contributed by atoms with Crippen molar-refractivity contribution in [1.82, 2.24) is 4.90 Å². The largest absolute Gasteiger partial charge is 0.462 e. The zero-order valence-electron chi connectivity index (χ0n) is 45.2. The molecule has 0 fully saturated rings. The molecule has 0 aromatic rings. The summed E-state index contributed by atoms with van der Waals surface area (Å²) in [4.78, 5) is 15.3. The van der Waals surface area contributed by atoms with E-state index in [-0.39, 0.29) is 25.0 Å². The van der Waals surface area contributed by atoms with Crippen molar-refractivity contribution in [3.05, 3.63) is 11.5 Å². The van der Waals surface area contributed by atoms with Gasteiger partial charge in [0.05, 0.1) is 6.61 Å². The van der Waals surface area contributed by atoms with E-state index in [0.29, 0.717) is 6.42 Å². The molecular formula is C60H117NO5. The average molecular weight is 933 g/mol. The minimum atomic E-state index is -0.0312. The fourth-order valence-electron chi connectivity index (χ4n) is 9.96. The van der Waals surface area contributed by atoms with Crippen LogP contribution in [0.15, 0.2) is 11.5 Å². The van der Waals surface area contributed by atoms with Gasteiger partial charge >= 0.3 is 5.97 Å². The number of unbranched alkanes of at least 4 members (excludes halogenated alkanes) is 35. The topological polar surface area (TPSA) is 68.2 Å². The Kier molecular flexibility index (Phi) is 47.7. The van der Waals surface area contributed by atoms with Gasteiger partial charge < -0.3 is 24.2 Å². The zero-order chi connectivity index (χ0) is 47.6. The Morgan fingerprint density at radius 3 is 1.17 bits per heavy atom. The monoisotopic (exact) mass is 932 g/mol. The molecule has 66 heavy (non-hydrogen) atoms. The van der Waals surface area contributed by atoms with Gasteiger partial charge in [0.2, 0.25) is 6.29 Å². The van der Waals surface area contributed by atoms with Crippen LogP contribution in [0.3, 0.4) is 0 Å². The molecule has 0 bridgehead atoms. The van der Waals surface area contributed by atoms with Crippen LogP contribution in [-0.4, -0.2) is 54.6 Å². The standard InChI is InChI=1S/C60H117NO5/c1-5-9-13-17-21-27-35-43-51-60-65-57(48-40-32-20-16-12-8-4)58(66-60)49-41-33-26-24-22-23-25-28-36-44-52-61(54-55-62)53-45-37-29-34-42-50-59(63)64-56(46-38-30-18-14-10-6-2)47-39-31-19-15-11-7-3/h56,60,62H,5-55H2,1-4H3. The number of esters is 1. The Morgan fingerprint density at radius 2 is 0.773 bits per heavy atom. The Balaban J connectivity index is 2.16. The molecule has 1 unspecified atom stereocenters. The van der Waals surface area contributed by atoms with E-state index in [0.717, 1.165) is 64.6 Å². The molecule has 0 aromatic heterocycles. The first kappa shape index (κ1) is 62.7. The Bertz CT molecular complexity index is 1020. The average Bonchev–Trinajstić information content (AvgIpc) is 3.71. The highest BCUT2D eigenvalue weighted by molar-refractivity contribution is 5.69. The molecule has 6 nitrogen and oxygen atoms in total. The quantitative estimate of drug-likeness (QED) is 0.0484. The molecule has 1 aliphatic rings. The number of hydrogen-bond acceptors (Lipinski definition) is 6. The molecule has 6 heteroatoms. The van der Waals surface area contributed by atoms with E-state index in [9.17, 15) is 9.90 Å². The Morgan fingerprint density at radius 1 is 0.439 bits per heavy atom. The number of allylic oxidation sites excluding steroid dienone is 2. The molecule has 0 radical (unpaired) electrons. The number of nitrogens with zero attached hydrogens (tertiary/aromatic N) is 1. The molecule has 0 aliphatic carbocycles. The minimum absolute atomic E-state index is 0.0312. The molecule has 0 saturated carbocycles. The van der Waals surface area contributed by atoms with E-state index in [1.54, 1.807) is 0 Å². The van der Waals surface area contributed by atoms with Gasteiger partial charge in [-0.25, -0.2) is 0 Å². The maximum Gasteiger partial charge on any atom is 0.306 e. The molecule has 0 spiro atoms. The van der Waals surface area contributed by atoms with Crippen molar-refractivity contribution in [3.8, 4) is 0 Å². The highest BCUT2D eigenvalue weighted by Gasteiger charge is 2.26. The normalized spacial score (nSPS) is 14.0. The van der Waals surface area contributed by atoms with Gasteiger partial charge in [-0.1, -0.05) is 240 Å². The molecule has 1 N–H and O–H groups in total. The summed E-state index contributed by atoms with van der Waals surface area (Å²) in [6, 6.07) is 0. The third kappa shape index (κ3) is 40.6. The van der Waals surface area contributed by atoms with E-state index < -0.39 is 0 Å². The molecule has 1 heterocycles. The third-order valence-corrected chi connectivity index (χ3v) is 14.4. The van der Waals surface area contributed by atoms with E-state index in [2.05, 4.69) is 32.6 Å². The predicted octanol–water partition coefficient (Wildman–Crippen LogP) is 19.2. The molecule has 0 amide bonds. The highest BCUT2D eigenvalue weighted by Crippen LogP contribution is 2.32. The summed E-state index contributed by atoms with van der Waals surface area (Å²) in [6.45, 7) is 12.4. The molecule has 0 aromatic carbocycles. The van der Waals surface area contributed by atoms with Crippen LogP contribution in [0.4, 0.5) is 0 Å². The van der Waals surface area contributed by atoms with Crippen molar-refractivity contribution in [2.24, 2.45) is 0 Å². The SMILES string of the molecule is CCCCCCCCCCC1OC(CCCCCCCC)=C(CCCCCCCCCCCCN(CCO)CCCCCCCC(=O)OC(CCCCCCCC)CCCCCCCC)O1. The summed E-state index contributed by atoms with van der Waals surface area (Å²) in [7, 11) is 0. The van der Waals surface area contributed by atoms with E-state index in [4.69, 9.17) is 14.2 Å². The number of carbonyl (C=O) groups excluding carboxylic acids is 1. The third-order valence-electron chi connectivity index (χ3n) is 14.4. The summed E-state index contributed by atoms with van der Waals surface area (Å²) in [5, 5.41) is 9.69. The lowest BCUT2D eigenvalue weighted by molar-refractivity contribution is -0.150. The first-order chi connectivity index (χ1) is 32.6. The number of hydrogen-bond donors (Lipinski definition) is 1. The lowest BCUT2D eigenvalue weighted by Crippen LogP contribution is -2.29. The number of rotatable bonds is 54. The first-order valence-electron chi connectivity index (χ1n) is 30.2. The van der Waals surface area contributed by atoms with Crippen molar-refractivity contribution in [2.45, 2.75) is 342 Å². The lowest BCUT2D eigenvalue weighted by Gasteiger charge is -2.21. The summed E-state index contributed by atoms with van der Waals surface area (Å²) < 4.78 is 19.0. The Hall–Kier alpha value is -1.27. The van der Waals surface area contributed by atoms with Crippen molar-refractivity contribution in [1.29, 1.82) is 0 Å². The molecule has 1 atom stereocenters. The summed E-state index contributed by atoms with van der Waals surface area (Å²) in [5.74, 6) is 2.42. The van der Waals surface area contributed by atoms with Crippen LogP contribution >= 0.6 is 0 Å². The highest BCUT2D eigenvalue weighted by atomic mass is 16.7. The van der Waals surface area contributed by atoms with Gasteiger partial charge in [0.1, 0.15) is 17.6 Å². The van der Waals surface area contributed by atoms with Crippen molar-refractivity contribution in [2.75, 3.05) is 26.2 Å². The molecule has 392 valence electrons. The van der Waals surface area contributed by atoms with Crippen molar-refractivity contribution < 1.29 is 24.1 Å². The van der Waals surface area contributed by atoms with E-state index in [1.165, 1.54) is 262 Å². The zero-order valence-corrected chi connectivity index (χ0v) is 45.2. The van der Waals surface area contributed by atoms with Crippen LogP contribution in [0.5, 0.6) is 0 Å². The number of ether oxygens (including phenoxy) is 3. The van der Waals surface area contributed by atoms with Crippen molar-refractivity contribution >= 4 is 5.97 Å². The fraction of sp³-hybridized carbons (Fsp3) is 0.950. The molecule has 1 rings (SSSR count). The number of carbonyl (C=O) groups is 1. The maximum absolute atomic E-state index is 12.8. The number of aliphatic hydroxyl groups is 1. The summed E-state index contributed by atoms with van der Waals surface area (Å²) in [6.07, 6.45) is 59.0. The van der Waals surface area contributed by atoms with Gasteiger partial charge in [-0.15, -0.1) is 0 Å². The van der Waals surface area contributed by atoms with Crippen LogP contribution in [0.1, 0.15) is 329 Å².